The lowest BCUT2D eigenvalue weighted by molar-refractivity contribution is 0.620. The molecule has 9 aromatic rings. The van der Waals surface area contributed by atoms with Crippen LogP contribution in [-0.2, 0) is 0 Å². The number of rotatable bonds is 7. The second-order valence-electron chi connectivity index (χ2n) is 12.1. The Bertz CT molecular complexity index is 2510. The predicted octanol–water partition coefficient (Wildman–Crippen LogP) is 12.7. The minimum atomic E-state index is 0.597. The van der Waals surface area contributed by atoms with E-state index >= 15 is 0 Å². The van der Waals surface area contributed by atoms with Crippen LogP contribution in [0.4, 0.5) is 34.1 Å². The molecule has 0 aliphatic rings. The number of benzene rings is 8. The fraction of sp³-hybridized carbons (Fsp3) is 0. The van der Waals surface area contributed by atoms with Gasteiger partial charge in [0.2, 0.25) is 5.89 Å². The van der Waals surface area contributed by atoms with Gasteiger partial charge < -0.3 is 14.2 Å². The van der Waals surface area contributed by atoms with Crippen molar-refractivity contribution in [2.45, 2.75) is 0 Å². The first kappa shape index (κ1) is 28.6. The van der Waals surface area contributed by atoms with Crippen molar-refractivity contribution in [2.75, 3.05) is 9.80 Å². The van der Waals surface area contributed by atoms with E-state index in [1.165, 1.54) is 10.8 Å². The van der Waals surface area contributed by atoms with E-state index in [0.29, 0.717) is 5.89 Å². The minimum absolute atomic E-state index is 0.597. The largest absolute Gasteiger partial charge is 0.436 e. The molecule has 0 radical (unpaired) electrons. The SMILES string of the molecule is c1ccc(-c2nc3c(cc(N(c4ccccc4)c4ccc5ccccc5c4)c4ccc(N(c5ccccc5)c5ccccc5)cc43)o2)cc1. The number of para-hydroxylation sites is 3. The van der Waals surface area contributed by atoms with Gasteiger partial charge in [-0.2, -0.15) is 0 Å². The number of fused-ring (bicyclic) bond motifs is 4. The van der Waals surface area contributed by atoms with Crippen LogP contribution in [-0.4, -0.2) is 4.98 Å². The van der Waals surface area contributed by atoms with Gasteiger partial charge in [0.1, 0.15) is 5.52 Å². The highest BCUT2D eigenvalue weighted by Crippen LogP contribution is 2.45. The molecule has 0 N–H and O–H groups in total. The lowest BCUT2D eigenvalue weighted by Crippen LogP contribution is -2.11. The topological polar surface area (TPSA) is 32.5 Å². The summed E-state index contributed by atoms with van der Waals surface area (Å²) < 4.78 is 6.61. The molecule has 4 nitrogen and oxygen atoms in total. The molecule has 8 aromatic carbocycles. The van der Waals surface area contributed by atoms with E-state index in [1.54, 1.807) is 0 Å². The van der Waals surface area contributed by atoms with Crippen molar-refractivity contribution >= 4 is 66.8 Å². The maximum atomic E-state index is 6.61. The van der Waals surface area contributed by atoms with Gasteiger partial charge in [-0.05, 0) is 83.6 Å². The molecule has 9 rings (SSSR count). The van der Waals surface area contributed by atoms with Crippen molar-refractivity contribution in [3.05, 3.63) is 188 Å². The Hall–Kier alpha value is -6.65. The van der Waals surface area contributed by atoms with Crippen molar-refractivity contribution < 1.29 is 4.42 Å². The molecule has 0 amide bonds. The van der Waals surface area contributed by atoms with Crippen LogP contribution in [0.1, 0.15) is 0 Å². The number of oxazole rings is 1. The van der Waals surface area contributed by atoms with E-state index < -0.39 is 0 Å². The molecule has 0 saturated carbocycles. The zero-order valence-corrected chi connectivity index (χ0v) is 26.6. The molecule has 0 aliphatic carbocycles. The first-order valence-electron chi connectivity index (χ1n) is 16.5. The number of nitrogens with zero attached hydrogens (tertiary/aromatic N) is 3. The standard InChI is InChI=1S/C45H31N3O/c1-5-16-33(17-6-1)45-46-44-41-30-39(47(35-19-7-2-8-20-35)36-21-9-3-10-22-36)27-28-40(41)42(31-43(44)49-45)48(37-23-11-4-12-24-37)38-26-25-32-15-13-14-18-34(32)29-38/h1-31H. The Morgan fingerprint density at radius 3 is 1.57 bits per heavy atom. The van der Waals surface area contributed by atoms with Gasteiger partial charge in [0.15, 0.2) is 5.58 Å². The average molecular weight is 630 g/mol. The van der Waals surface area contributed by atoms with Crippen LogP contribution in [0.25, 0.3) is 44.1 Å². The normalized spacial score (nSPS) is 11.3. The molecular formula is C45H31N3O. The van der Waals surface area contributed by atoms with E-state index in [1.807, 2.05) is 42.5 Å². The second kappa shape index (κ2) is 12.2. The number of hydrogen-bond acceptors (Lipinski definition) is 4. The van der Waals surface area contributed by atoms with Gasteiger partial charge >= 0.3 is 0 Å². The van der Waals surface area contributed by atoms with Crippen LogP contribution in [0.2, 0.25) is 0 Å². The van der Waals surface area contributed by atoms with Crippen LogP contribution in [0.5, 0.6) is 0 Å². The summed E-state index contributed by atoms with van der Waals surface area (Å²) in [5.74, 6) is 0.597. The van der Waals surface area contributed by atoms with Gasteiger partial charge in [0.05, 0.1) is 5.69 Å². The van der Waals surface area contributed by atoms with Gasteiger partial charge in [-0.1, -0.05) is 109 Å². The molecule has 0 spiro atoms. The van der Waals surface area contributed by atoms with Gasteiger partial charge in [0.25, 0.3) is 0 Å². The number of aromatic nitrogens is 1. The van der Waals surface area contributed by atoms with Crippen molar-refractivity contribution in [1.29, 1.82) is 0 Å². The smallest absolute Gasteiger partial charge is 0.227 e. The van der Waals surface area contributed by atoms with E-state index in [4.69, 9.17) is 9.40 Å². The maximum absolute atomic E-state index is 6.61. The molecule has 0 bridgehead atoms. The van der Waals surface area contributed by atoms with Crippen LogP contribution in [0.15, 0.2) is 192 Å². The molecule has 232 valence electrons. The summed E-state index contributed by atoms with van der Waals surface area (Å²) in [5.41, 5.74) is 8.81. The second-order valence-corrected chi connectivity index (χ2v) is 12.1. The fourth-order valence-corrected chi connectivity index (χ4v) is 6.73. The molecule has 1 heterocycles. The van der Waals surface area contributed by atoms with Crippen LogP contribution in [0.3, 0.4) is 0 Å². The summed E-state index contributed by atoms with van der Waals surface area (Å²) in [4.78, 5) is 9.75. The summed E-state index contributed by atoms with van der Waals surface area (Å²) in [6.07, 6.45) is 0. The molecule has 1 aromatic heterocycles. The third-order valence-corrected chi connectivity index (χ3v) is 9.01. The Morgan fingerprint density at radius 1 is 0.388 bits per heavy atom. The van der Waals surface area contributed by atoms with Crippen molar-refractivity contribution in [3.63, 3.8) is 0 Å². The molecular weight excluding hydrogens is 599 g/mol. The first-order chi connectivity index (χ1) is 24.3. The highest BCUT2D eigenvalue weighted by atomic mass is 16.3. The minimum Gasteiger partial charge on any atom is -0.436 e. The maximum Gasteiger partial charge on any atom is 0.227 e. The molecule has 0 unspecified atom stereocenters. The molecule has 0 fully saturated rings. The third-order valence-electron chi connectivity index (χ3n) is 9.01. The van der Waals surface area contributed by atoms with E-state index in [0.717, 1.165) is 61.6 Å². The van der Waals surface area contributed by atoms with Gasteiger partial charge in [-0.25, -0.2) is 4.98 Å². The van der Waals surface area contributed by atoms with Crippen LogP contribution in [0, 0.1) is 0 Å². The predicted molar refractivity (Wildman–Crippen MR) is 204 cm³/mol. The highest BCUT2D eigenvalue weighted by molar-refractivity contribution is 6.13. The van der Waals surface area contributed by atoms with Crippen LogP contribution < -0.4 is 9.80 Å². The lowest BCUT2D eigenvalue weighted by Gasteiger charge is -2.28. The summed E-state index contributed by atoms with van der Waals surface area (Å²) in [6.45, 7) is 0. The molecule has 4 heteroatoms. The first-order valence-corrected chi connectivity index (χ1v) is 16.5. The fourth-order valence-electron chi connectivity index (χ4n) is 6.73. The van der Waals surface area contributed by atoms with E-state index in [2.05, 4.69) is 155 Å². The van der Waals surface area contributed by atoms with Crippen molar-refractivity contribution in [3.8, 4) is 11.5 Å². The molecule has 0 aliphatic heterocycles. The van der Waals surface area contributed by atoms with Gasteiger partial charge in [-0.15, -0.1) is 0 Å². The van der Waals surface area contributed by atoms with Gasteiger partial charge in [0, 0.05) is 50.8 Å². The molecule has 0 saturated heterocycles. The monoisotopic (exact) mass is 629 g/mol. The summed E-state index contributed by atoms with van der Waals surface area (Å²) >= 11 is 0. The zero-order valence-electron chi connectivity index (χ0n) is 26.6. The lowest BCUT2D eigenvalue weighted by atomic mass is 10.0. The van der Waals surface area contributed by atoms with E-state index in [9.17, 15) is 0 Å². The summed E-state index contributed by atoms with van der Waals surface area (Å²) in [6, 6.07) is 65.6. The van der Waals surface area contributed by atoms with Crippen molar-refractivity contribution in [2.24, 2.45) is 0 Å². The summed E-state index contributed by atoms with van der Waals surface area (Å²) in [7, 11) is 0. The Morgan fingerprint density at radius 2 is 0.918 bits per heavy atom. The average Bonchev–Trinajstić information content (AvgIpc) is 3.61. The van der Waals surface area contributed by atoms with E-state index in [-0.39, 0.29) is 0 Å². The third kappa shape index (κ3) is 5.26. The Kier molecular flexibility index (Phi) is 7.10. The van der Waals surface area contributed by atoms with Crippen molar-refractivity contribution in [1.82, 2.24) is 4.98 Å². The molecule has 0 atom stereocenters. The highest BCUT2D eigenvalue weighted by Gasteiger charge is 2.22. The Labute approximate surface area is 284 Å². The summed E-state index contributed by atoms with van der Waals surface area (Å²) in [5, 5.41) is 4.46. The molecule has 49 heavy (non-hydrogen) atoms. The quantitative estimate of drug-likeness (QED) is 0.176. The van der Waals surface area contributed by atoms with Gasteiger partial charge in [-0.3, -0.25) is 0 Å². The zero-order chi connectivity index (χ0) is 32.6. The number of anilines is 6. The Balaban J connectivity index is 1.33. The number of hydrogen-bond donors (Lipinski definition) is 0. The van der Waals surface area contributed by atoms with Crippen LogP contribution >= 0.6 is 0 Å².